The number of phenols is 1. The first-order valence-electron chi connectivity index (χ1n) is 9.90. The lowest BCUT2D eigenvalue weighted by Gasteiger charge is -2.42. The number of phenolic OH excluding ortho intramolecular Hbond substituents is 1. The van der Waals surface area contributed by atoms with Crippen molar-refractivity contribution in [3.8, 4) is 34.0 Å². The number of alkyl halides is 1. The van der Waals surface area contributed by atoms with Gasteiger partial charge in [0, 0.05) is 41.9 Å². The molecule has 0 spiro atoms. The van der Waals surface area contributed by atoms with E-state index in [1.165, 1.54) is 0 Å². The Hall–Kier alpha value is -3.00. The van der Waals surface area contributed by atoms with E-state index < -0.39 is 12.3 Å². The van der Waals surface area contributed by atoms with Gasteiger partial charge in [-0.25, -0.2) is 4.39 Å². The third kappa shape index (κ3) is 3.55. The van der Waals surface area contributed by atoms with Crippen LogP contribution in [0.15, 0.2) is 42.7 Å². The highest BCUT2D eigenvalue weighted by atomic mass is 19.1. The van der Waals surface area contributed by atoms with Crippen molar-refractivity contribution in [2.75, 3.05) is 0 Å². The van der Waals surface area contributed by atoms with Gasteiger partial charge < -0.3 is 15.2 Å². The monoisotopic (exact) mass is 395 g/mol. The molecule has 4 atom stereocenters. The van der Waals surface area contributed by atoms with Crippen LogP contribution in [0.3, 0.4) is 0 Å². The number of rotatable bonds is 4. The van der Waals surface area contributed by atoms with Crippen LogP contribution in [0.1, 0.15) is 25.7 Å². The Bertz CT molecular complexity index is 979. The van der Waals surface area contributed by atoms with Gasteiger partial charge in [-0.2, -0.15) is 5.10 Å². The molecule has 29 heavy (non-hydrogen) atoms. The summed E-state index contributed by atoms with van der Waals surface area (Å²) in [5.74, 6) is 0.401. The van der Waals surface area contributed by atoms with Crippen molar-refractivity contribution >= 4 is 0 Å². The lowest BCUT2D eigenvalue weighted by atomic mass is 9.84. The summed E-state index contributed by atoms with van der Waals surface area (Å²) in [4.78, 5) is 0. The van der Waals surface area contributed by atoms with Crippen molar-refractivity contribution in [1.29, 1.82) is 0 Å². The smallest absolute Gasteiger partial charge is 0.233 e. The zero-order chi connectivity index (χ0) is 19.8. The van der Waals surface area contributed by atoms with Gasteiger partial charge in [0.15, 0.2) is 6.17 Å². The number of benzene rings is 1. The van der Waals surface area contributed by atoms with Crippen molar-refractivity contribution in [2.24, 2.45) is 0 Å². The van der Waals surface area contributed by atoms with E-state index >= 15 is 0 Å². The minimum Gasteiger partial charge on any atom is -0.507 e. The number of halogens is 1. The number of aromatic nitrogens is 4. The van der Waals surface area contributed by atoms with E-state index in [9.17, 15) is 9.50 Å². The fourth-order valence-corrected chi connectivity index (χ4v) is 4.29. The highest BCUT2D eigenvalue weighted by Gasteiger charge is 2.41. The average Bonchev–Trinajstić information content (AvgIpc) is 3.28. The van der Waals surface area contributed by atoms with Gasteiger partial charge in [0.2, 0.25) is 5.88 Å². The summed E-state index contributed by atoms with van der Waals surface area (Å²) >= 11 is 0. The molecule has 2 aliphatic heterocycles. The highest BCUT2D eigenvalue weighted by molar-refractivity contribution is 5.73. The van der Waals surface area contributed by atoms with Gasteiger partial charge in [0.05, 0.1) is 11.9 Å². The van der Waals surface area contributed by atoms with Crippen LogP contribution in [0.5, 0.6) is 11.6 Å². The summed E-state index contributed by atoms with van der Waals surface area (Å²) in [5.41, 5.74) is 2.82. The Morgan fingerprint density at radius 3 is 2.79 bits per heavy atom. The SMILES string of the molecule is Oc1cc(-c2cn[nH]c2)ccc1-c1ccc(O[C@H]2C[C@@H]3CCC[C@@H](N3)[C@@H]2F)nn1. The third-order valence-corrected chi connectivity index (χ3v) is 5.79. The van der Waals surface area contributed by atoms with Crippen LogP contribution in [0.4, 0.5) is 4.39 Å². The van der Waals surface area contributed by atoms with Crippen LogP contribution < -0.4 is 10.1 Å². The molecule has 2 saturated heterocycles. The van der Waals surface area contributed by atoms with Crippen LogP contribution in [0.2, 0.25) is 0 Å². The average molecular weight is 395 g/mol. The summed E-state index contributed by atoms with van der Waals surface area (Å²) in [6, 6.07) is 8.91. The van der Waals surface area contributed by atoms with Crippen molar-refractivity contribution in [3.63, 3.8) is 0 Å². The number of piperidine rings is 2. The lowest BCUT2D eigenvalue weighted by molar-refractivity contribution is 0.00652. The Kier molecular flexibility index (Phi) is 4.63. The number of aromatic amines is 1. The predicted molar refractivity (Wildman–Crippen MR) is 105 cm³/mol. The van der Waals surface area contributed by atoms with Gasteiger partial charge in [-0.1, -0.05) is 12.5 Å². The van der Waals surface area contributed by atoms with E-state index in [0.717, 1.165) is 30.4 Å². The molecular formula is C21H22FN5O2. The molecule has 0 radical (unpaired) electrons. The Morgan fingerprint density at radius 1 is 1.10 bits per heavy atom. The van der Waals surface area contributed by atoms with Crippen molar-refractivity contribution in [3.05, 3.63) is 42.7 Å². The van der Waals surface area contributed by atoms with Crippen LogP contribution in [0, 0.1) is 0 Å². The third-order valence-electron chi connectivity index (χ3n) is 5.79. The molecule has 0 unspecified atom stereocenters. The molecule has 3 aromatic rings. The summed E-state index contributed by atoms with van der Waals surface area (Å²) in [6.45, 7) is 0. The predicted octanol–water partition coefficient (Wildman–Crippen LogP) is 3.24. The molecule has 7 nitrogen and oxygen atoms in total. The van der Waals surface area contributed by atoms with E-state index in [0.29, 0.717) is 29.6 Å². The Morgan fingerprint density at radius 2 is 2.03 bits per heavy atom. The van der Waals surface area contributed by atoms with Crippen molar-refractivity contribution in [1.82, 2.24) is 25.7 Å². The maximum absolute atomic E-state index is 14.7. The normalized spacial score (nSPS) is 26.2. The van der Waals surface area contributed by atoms with E-state index in [4.69, 9.17) is 4.74 Å². The van der Waals surface area contributed by atoms with E-state index in [1.54, 1.807) is 36.7 Å². The molecule has 0 saturated carbocycles. The van der Waals surface area contributed by atoms with Crippen LogP contribution in [-0.2, 0) is 0 Å². The van der Waals surface area contributed by atoms with Crippen molar-refractivity contribution in [2.45, 2.75) is 50.0 Å². The first-order valence-corrected chi connectivity index (χ1v) is 9.90. The molecule has 2 aromatic heterocycles. The molecule has 0 amide bonds. The van der Waals surface area contributed by atoms with Gasteiger partial charge >= 0.3 is 0 Å². The second kappa shape index (κ2) is 7.44. The minimum absolute atomic E-state index is 0.0988. The molecule has 1 aromatic carbocycles. The zero-order valence-corrected chi connectivity index (χ0v) is 15.8. The molecule has 5 rings (SSSR count). The number of nitrogens with one attached hydrogen (secondary N) is 2. The maximum atomic E-state index is 14.7. The quantitative estimate of drug-likeness (QED) is 0.628. The second-order valence-corrected chi connectivity index (χ2v) is 7.71. The molecule has 4 heterocycles. The first kappa shape index (κ1) is 18.1. The largest absolute Gasteiger partial charge is 0.507 e. The molecule has 2 aliphatic rings. The van der Waals surface area contributed by atoms with Gasteiger partial charge in [-0.3, -0.25) is 5.10 Å². The zero-order valence-electron chi connectivity index (χ0n) is 15.8. The second-order valence-electron chi connectivity index (χ2n) is 7.71. The number of fused-ring (bicyclic) bond motifs is 2. The molecular weight excluding hydrogens is 373 g/mol. The number of hydrogen-bond acceptors (Lipinski definition) is 6. The number of nitrogens with zero attached hydrogens (tertiary/aromatic N) is 3. The Labute approximate surface area is 167 Å². The first-order chi connectivity index (χ1) is 14.2. The molecule has 8 heteroatoms. The van der Waals surface area contributed by atoms with E-state index in [1.807, 2.05) is 6.07 Å². The van der Waals surface area contributed by atoms with Crippen LogP contribution >= 0.6 is 0 Å². The summed E-state index contributed by atoms with van der Waals surface area (Å²) in [7, 11) is 0. The number of hydrogen-bond donors (Lipinski definition) is 3. The van der Waals surface area contributed by atoms with E-state index in [2.05, 4.69) is 25.7 Å². The summed E-state index contributed by atoms with van der Waals surface area (Å²) in [6.07, 6.45) is 5.49. The fraction of sp³-hybridized carbons (Fsp3) is 0.381. The number of aromatic hydroxyl groups is 1. The van der Waals surface area contributed by atoms with Gasteiger partial charge in [-0.15, -0.1) is 10.2 Å². The Balaban J connectivity index is 1.31. The number of ether oxygens (including phenoxy) is 1. The van der Waals surface area contributed by atoms with Gasteiger partial charge in [0.25, 0.3) is 0 Å². The van der Waals surface area contributed by atoms with Gasteiger partial charge in [0.1, 0.15) is 11.9 Å². The minimum atomic E-state index is -1.05. The maximum Gasteiger partial charge on any atom is 0.233 e. The molecule has 0 aliphatic carbocycles. The van der Waals surface area contributed by atoms with Gasteiger partial charge in [-0.05, 0) is 36.6 Å². The lowest BCUT2D eigenvalue weighted by Crippen LogP contribution is -2.59. The highest BCUT2D eigenvalue weighted by Crippen LogP contribution is 2.33. The van der Waals surface area contributed by atoms with Crippen LogP contribution in [-0.4, -0.2) is 49.9 Å². The summed E-state index contributed by atoms with van der Waals surface area (Å²) < 4.78 is 20.5. The molecule has 2 fully saturated rings. The topological polar surface area (TPSA) is 96.0 Å². The number of H-pyrrole nitrogens is 1. The van der Waals surface area contributed by atoms with Crippen LogP contribution in [0.25, 0.3) is 22.4 Å². The molecule has 2 bridgehead atoms. The fourth-order valence-electron chi connectivity index (χ4n) is 4.29. The molecule has 3 N–H and O–H groups in total. The summed E-state index contributed by atoms with van der Waals surface area (Å²) in [5, 5.41) is 28.7. The van der Waals surface area contributed by atoms with Crippen molar-refractivity contribution < 1.29 is 14.2 Å². The van der Waals surface area contributed by atoms with E-state index in [-0.39, 0.29) is 11.8 Å². The molecule has 150 valence electrons. The standard InChI is InChI=1S/C21H22FN5O2/c22-21-17-3-1-2-14(25-17)9-19(21)29-20-7-6-16(26-27-20)15-5-4-12(8-18(15)28)13-10-23-24-11-13/h4-8,10-11,14,17,19,21,25,28H,1-3,9H2,(H,23,24)/t14-,17+,19-,21-/m0/s1.